The maximum Gasteiger partial charge on any atom is 0.329 e. The van der Waals surface area contributed by atoms with Gasteiger partial charge in [0.05, 0.1) is 0 Å². The van der Waals surface area contributed by atoms with Gasteiger partial charge in [-0.25, -0.2) is 4.79 Å². The van der Waals surface area contributed by atoms with E-state index in [1.807, 2.05) is 0 Å². The van der Waals surface area contributed by atoms with Crippen molar-refractivity contribution in [3.63, 3.8) is 0 Å². The number of hydrogen-bond acceptors (Lipinski definition) is 4. The summed E-state index contributed by atoms with van der Waals surface area (Å²) in [5.41, 5.74) is -1.13. The molecular weight excluding hydrogens is 236 g/mol. The molecule has 6 nitrogen and oxygen atoms in total. The molecule has 0 aromatic carbocycles. The number of carboxylic acids is 1. The Kier molecular flexibility index (Phi) is 4.19. The van der Waals surface area contributed by atoms with Gasteiger partial charge in [-0.1, -0.05) is 0 Å². The molecule has 18 heavy (non-hydrogen) atoms. The molecular formula is C12H20N2O4. The van der Waals surface area contributed by atoms with E-state index in [2.05, 4.69) is 10.6 Å². The Morgan fingerprint density at radius 3 is 2.50 bits per heavy atom. The second kappa shape index (κ2) is 5.67. The quantitative estimate of drug-likeness (QED) is 0.616. The van der Waals surface area contributed by atoms with Crippen molar-refractivity contribution in [1.82, 2.24) is 10.6 Å². The largest absolute Gasteiger partial charge is 0.480 e. The molecule has 0 bridgehead atoms. The lowest BCUT2D eigenvalue weighted by Gasteiger charge is -2.33. The Balaban J connectivity index is 1.79. The highest BCUT2D eigenvalue weighted by molar-refractivity contribution is 5.87. The fraction of sp³-hybridized carbons (Fsp3) is 0.833. The minimum absolute atomic E-state index is 0.201. The summed E-state index contributed by atoms with van der Waals surface area (Å²) in [5, 5.41) is 15.2. The minimum atomic E-state index is -1.13. The van der Waals surface area contributed by atoms with Crippen LogP contribution in [0.5, 0.6) is 0 Å². The second-order valence-corrected chi connectivity index (χ2v) is 5.03. The van der Waals surface area contributed by atoms with Crippen LogP contribution in [0.15, 0.2) is 0 Å². The molecule has 1 saturated carbocycles. The fourth-order valence-corrected chi connectivity index (χ4v) is 2.12. The Hall–Kier alpha value is -1.14. The summed E-state index contributed by atoms with van der Waals surface area (Å²) in [6.45, 7) is 1.38. The fourth-order valence-electron chi connectivity index (χ4n) is 2.12. The van der Waals surface area contributed by atoms with Gasteiger partial charge in [0.2, 0.25) is 5.91 Å². The lowest BCUT2D eigenvalue weighted by molar-refractivity contribution is -0.152. The Morgan fingerprint density at radius 1 is 1.28 bits per heavy atom. The Labute approximate surface area is 106 Å². The highest BCUT2D eigenvalue weighted by Gasteiger charge is 2.41. The van der Waals surface area contributed by atoms with Crippen molar-refractivity contribution in [1.29, 1.82) is 0 Å². The molecule has 6 heteroatoms. The average Bonchev–Trinajstić information content (AvgIpc) is 3.14. The van der Waals surface area contributed by atoms with Crippen LogP contribution in [0.25, 0.3) is 0 Å². The zero-order chi connectivity index (χ0) is 13.0. The van der Waals surface area contributed by atoms with Crippen LogP contribution in [0.3, 0.4) is 0 Å². The van der Waals surface area contributed by atoms with Crippen LogP contribution >= 0.6 is 0 Å². The van der Waals surface area contributed by atoms with Crippen molar-refractivity contribution in [2.75, 3.05) is 19.8 Å². The van der Waals surface area contributed by atoms with E-state index < -0.39 is 11.5 Å². The molecule has 0 aromatic heterocycles. The van der Waals surface area contributed by atoms with E-state index in [4.69, 9.17) is 4.74 Å². The van der Waals surface area contributed by atoms with Crippen LogP contribution < -0.4 is 10.6 Å². The second-order valence-electron chi connectivity index (χ2n) is 5.03. The summed E-state index contributed by atoms with van der Waals surface area (Å²) < 4.78 is 5.15. The molecule has 1 amide bonds. The van der Waals surface area contributed by atoms with E-state index in [0.29, 0.717) is 45.1 Å². The molecule has 1 heterocycles. The van der Waals surface area contributed by atoms with Gasteiger partial charge in [0.15, 0.2) is 0 Å². The molecule has 0 aromatic rings. The van der Waals surface area contributed by atoms with Gasteiger partial charge in [-0.3, -0.25) is 4.79 Å². The first-order valence-electron chi connectivity index (χ1n) is 6.48. The predicted molar refractivity (Wildman–Crippen MR) is 64.2 cm³/mol. The van der Waals surface area contributed by atoms with Crippen molar-refractivity contribution in [3.8, 4) is 0 Å². The molecule has 0 unspecified atom stereocenters. The topological polar surface area (TPSA) is 87.7 Å². The number of hydrogen-bond donors (Lipinski definition) is 3. The van der Waals surface area contributed by atoms with E-state index in [0.717, 1.165) is 0 Å². The third-order valence-corrected chi connectivity index (χ3v) is 3.50. The van der Waals surface area contributed by atoms with Crippen molar-refractivity contribution in [2.24, 2.45) is 0 Å². The highest BCUT2D eigenvalue weighted by atomic mass is 16.5. The molecule has 2 aliphatic rings. The minimum Gasteiger partial charge on any atom is -0.480 e. The van der Waals surface area contributed by atoms with Gasteiger partial charge in [-0.05, 0) is 12.8 Å². The van der Waals surface area contributed by atoms with E-state index in [-0.39, 0.29) is 5.91 Å². The number of nitrogens with one attached hydrogen (secondary N) is 2. The first-order chi connectivity index (χ1) is 8.62. The summed E-state index contributed by atoms with van der Waals surface area (Å²) in [6.07, 6.45) is 3.36. The third-order valence-electron chi connectivity index (χ3n) is 3.50. The Morgan fingerprint density at radius 2 is 1.94 bits per heavy atom. The molecule has 0 atom stereocenters. The van der Waals surface area contributed by atoms with E-state index in [1.165, 1.54) is 12.8 Å². The Bertz CT molecular complexity index is 322. The monoisotopic (exact) mass is 256 g/mol. The van der Waals surface area contributed by atoms with Crippen LogP contribution in [-0.2, 0) is 14.3 Å². The van der Waals surface area contributed by atoms with Crippen molar-refractivity contribution < 1.29 is 19.4 Å². The predicted octanol–water partition coefficient (Wildman–Crippen LogP) is -0.121. The van der Waals surface area contributed by atoms with Crippen molar-refractivity contribution in [2.45, 2.75) is 43.7 Å². The van der Waals surface area contributed by atoms with Gasteiger partial charge in [-0.2, -0.15) is 0 Å². The van der Waals surface area contributed by atoms with Gasteiger partial charge in [-0.15, -0.1) is 0 Å². The maximum atomic E-state index is 11.8. The molecule has 1 aliphatic carbocycles. The van der Waals surface area contributed by atoms with E-state index in [9.17, 15) is 14.7 Å². The molecule has 0 spiro atoms. The van der Waals surface area contributed by atoms with Crippen LogP contribution in [0.2, 0.25) is 0 Å². The zero-order valence-corrected chi connectivity index (χ0v) is 10.4. The lowest BCUT2D eigenvalue weighted by Crippen LogP contribution is -2.57. The summed E-state index contributed by atoms with van der Waals surface area (Å²) in [5.74, 6) is -1.17. The number of ether oxygens (including phenoxy) is 1. The van der Waals surface area contributed by atoms with E-state index in [1.54, 1.807) is 0 Å². The average molecular weight is 256 g/mol. The SMILES string of the molecule is O=C(CCNC1CC1)NC1(C(=O)O)CCOCC1. The van der Waals surface area contributed by atoms with Gasteiger partial charge in [0.25, 0.3) is 0 Å². The number of rotatable bonds is 6. The maximum absolute atomic E-state index is 11.8. The van der Waals surface area contributed by atoms with Crippen molar-refractivity contribution in [3.05, 3.63) is 0 Å². The van der Waals surface area contributed by atoms with Crippen LogP contribution in [-0.4, -0.2) is 48.3 Å². The van der Waals surface area contributed by atoms with Crippen LogP contribution in [0.4, 0.5) is 0 Å². The number of carboxylic acid groups (broad SMARTS) is 1. The van der Waals surface area contributed by atoms with Gasteiger partial charge in [0, 0.05) is 45.1 Å². The van der Waals surface area contributed by atoms with Crippen molar-refractivity contribution >= 4 is 11.9 Å². The molecule has 0 radical (unpaired) electrons. The smallest absolute Gasteiger partial charge is 0.329 e. The molecule has 1 aliphatic heterocycles. The lowest BCUT2D eigenvalue weighted by atomic mass is 9.90. The van der Waals surface area contributed by atoms with Gasteiger partial charge < -0.3 is 20.5 Å². The van der Waals surface area contributed by atoms with E-state index >= 15 is 0 Å². The van der Waals surface area contributed by atoms with Crippen LogP contribution in [0.1, 0.15) is 32.1 Å². The standard InChI is InChI=1S/C12H20N2O4/c15-10(3-6-13-9-1-2-9)14-12(11(16)17)4-7-18-8-5-12/h9,13H,1-8H2,(H,14,15)(H,16,17). The summed E-state index contributed by atoms with van der Waals surface area (Å²) in [6, 6.07) is 0.564. The molecule has 102 valence electrons. The summed E-state index contributed by atoms with van der Waals surface area (Å²) in [4.78, 5) is 23.1. The molecule has 2 rings (SSSR count). The normalized spacial score (nSPS) is 22.4. The third kappa shape index (κ3) is 3.43. The first-order valence-corrected chi connectivity index (χ1v) is 6.48. The molecule has 2 fully saturated rings. The van der Waals surface area contributed by atoms with Gasteiger partial charge >= 0.3 is 5.97 Å². The highest BCUT2D eigenvalue weighted by Crippen LogP contribution is 2.21. The number of amides is 1. The summed E-state index contributed by atoms with van der Waals surface area (Å²) >= 11 is 0. The summed E-state index contributed by atoms with van der Waals surface area (Å²) in [7, 11) is 0. The van der Waals surface area contributed by atoms with Gasteiger partial charge in [0.1, 0.15) is 5.54 Å². The number of aliphatic carboxylic acids is 1. The molecule has 3 N–H and O–H groups in total. The number of carbonyl (C=O) groups excluding carboxylic acids is 1. The number of carbonyl (C=O) groups is 2. The molecule has 1 saturated heterocycles. The first kappa shape index (κ1) is 13.3. The zero-order valence-electron chi connectivity index (χ0n) is 10.4. The van der Waals surface area contributed by atoms with Crippen LogP contribution in [0, 0.1) is 0 Å².